The van der Waals surface area contributed by atoms with Crippen molar-refractivity contribution >= 4 is 40.5 Å². The molecule has 2 unspecified atom stereocenters. The number of piperidine rings is 1. The van der Waals surface area contributed by atoms with E-state index in [1.807, 2.05) is 11.0 Å². The van der Waals surface area contributed by atoms with Gasteiger partial charge in [0.05, 0.1) is 29.1 Å². The highest BCUT2D eigenvalue weighted by molar-refractivity contribution is 6.36. The first-order valence-electron chi connectivity index (χ1n) is 9.54. The number of carbonyl (C=O) groups excluding carboxylic acids is 1. The summed E-state index contributed by atoms with van der Waals surface area (Å²) in [4.78, 5) is 13.6. The molecule has 2 N–H and O–H groups in total. The summed E-state index contributed by atoms with van der Waals surface area (Å²) in [5, 5.41) is 14.3. The Bertz CT molecular complexity index is 940. The van der Waals surface area contributed by atoms with Crippen molar-refractivity contribution in [1.29, 1.82) is 0 Å². The van der Waals surface area contributed by atoms with Crippen LogP contribution in [0.4, 0.5) is 15.8 Å². The lowest BCUT2D eigenvalue weighted by molar-refractivity contribution is -0.116. The zero-order valence-electron chi connectivity index (χ0n) is 15.6. The topological polar surface area (TPSA) is 61.8 Å². The van der Waals surface area contributed by atoms with E-state index in [1.165, 1.54) is 6.07 Å². The van der Waals surface area contributed by atoms with Crippen LogP contribution in [-0.2, 0) is 11.2 Å². The van der Waals surface area contributed by atoms with Gasteiger partial charge in [0.2, 0.25) is 5.91 Å². The van der Waals surface area contributed by atoms with E-state index in [1.54, 1.807) is 18.2 Å². The number of β-amino-alcohol motifs (C(OH)–C–C–N with tert-alkyl or cyclic N) is 1. The zero-order chi connectivity index (χ0) is 20.5. The number of hydrogen-bond donors (Lipinski definition) is 2. The average molecular weight is 439 g/mol. The standard InChI is InChI=1S/C21H21Cl2FN2O3/c22-13-1-4-17(15(23)9-13)26-8-7-12(18(27)10-26)11-29-19-5-3-16(24)21-14(19)2-6-20(28)25-21/h1,3-5,9,12,18,27H,2,6-8,10-11H2,(H,25,28). The van der Waals surface area contributed by atoms with Crippen LogP contribution >= 0.6 is 23.2 Å². The van der Waals surface area contributed by atoms with E-state index in [0.29, 0.717) is 47.4 Å². The van der Waals surface area contributed by atoms with E-state index in [4.69, 9.17) is 27.9 Å². The van der Waals surface area contributed by atoms with Gasteiger partial charge in [0, 0.05) is 36.0 Å². The number of benzene rings is 2. The van der Waals surface area contributed by atoms with Crippen molar-refractivity contribution in [2.45, 2.75) is 25.4 Å². The number of aliphatic hydroxyl groups excluding tert-OH is 1. The van der Waals surface area contributed by atoms with E-state index in [-0.39, 0.29) is 17.5 Å². The molecule has 2 aromatic rings. The molecule has 2 aliphatic heterocycles. The summed E-state index contributed by atoms with van der Waals surface area (Å²) in [6.45, 7) is 1.48. The first-order valence-corrected chi connectivity index (χ1v) is 10.3. The van der Waals surface area contributed by atoms with Gasteiger partial charge < -0.3 is 20.1 Å². The molecule has 2 atom stereocenters. The summed E-state index contributed by atoms with van der Waals surface area (Å²) in [6, 6.07) is 8.20. The molecule has 0 spiro atoms. The molecule has 1 saturated heterocycles. The van der Waals surface area contributed by atoms with Gasteiger partial charge in [0.1, 0.15) is 11.6 Å². The number of halogens is 3. The van der Waals surface area contributed by atoms with Crippen LogP contribution in [0.1, 0.15) is 18.4 Å². The fourth-order valence-corrected chi connectivity index (χ4v) is 4.42. The maximum absolute atomic E-state index is 14.0. The predicted octanol–water partition coefficient (Wildman–Crippen LogP) is 4.28. The van der Waals surface area contributed by atoms with Crippen molar-refractivity contribution < 1.29 is 19.0 Å². The molecule has 29 heavy (non-hydrogen) atoms. The highest BCUT2D eigenvalue weighted by atomic mass is 35.5. The number of fused-ring (bicyclic) bond motifs is 1. The molecule has 2 aliphatic rings. The molecule has 154 valence electrons. The fourth-order valence-electron chi connectivity index (χ4n) is 3.89. The predicted molar refractivity (Wildman–Crippen MR) is 112 cm³/mol. The molecule has 2 aromatic carbocycles. The summed E-state index contributed by atoms with van der Waals surface area (Å²) < 4.78 is 20.0. The smallest absolute Gasteiger partial charge is 0.224 e. The number of aliphatic hydroxyl groups is 1. The quantitative estimate of drug-likeness (QED) is 0.747. The molecule has 8 heteroatoms. The SMILES string of the molecule is O=C1CCc2c(OCC3CCN(c4ccc(Cl)cc4Cl)CC3O)ccc(F)c2N1. The minimum absolute atomic E-state index is 0.0591. The largest absolute Gasteiger partial charge is 0.493 e. The second-order valence-corrected chi connectivity index (χ2v) is 8.26. The first-order chi connectivity index (χ1) is 13.9. The summed E-state index contributed by atoms with van der Waals surface area (Å²) in [7, 11) is 0. The van der Waals surface area contributed by atoms with Crippen molar-refractivity contribution in [3.8, 4) is 5.75 Å². The maximum atomic E-state index is 14.0. The lowest BCUT2D eigenvalue weighted by Crippen LogP contribution is -2.46. The summed E-state index contributed by atoms with van der Waals surface area (Å²) in [6.07, 6.45) is 0.867. The van der Waals surface area contributed by atoms with Gasteiger partial charge in [0.25, 0.3) is 0 Å². The maximum Gasteiger partial charge on any atom is 0.224 e. The molecule has 4 rings (SSSR count). The number of ether oxygens (including phenoxy) is 1. The summed E-state index contributed by atoms with van der Waals surface area (Å²) >= 11 is 12.2. The molecule has 5 nitrogen and oxygen atoms in total. The third kappa shape index (κ3) is 4.29. The molecular weight excluding hydrogens is 418 g/mol. The second-order valence-electron chi connectivity index (χ2n) is 7.42. The van der Waals surface area contributed by atoms with Gasteiger partial charge in [-0.15, -0.1) is 0 Å². The van der Waals surface area contributed by atoms with Crippen LogP contribution in [-0.4, -0.2) is 36.8 Å². The van der Waals surface area contributed by atoms with Gasteiger partial charge in [-0.05, 0) is 43.2 Å². The van der Waals surface area contributed by atoms with Crippen molar-refractivity contribution in [3.63, 3.8) is 0 Å². The highest BCUT2D eigenvalue weighted by Gasteiger charge is 2.30. The van der Waals surface area contributed by atoms with E-state index in [2.05, 4.69) is 5.32 Å². The van der Waals surface area contributed by atoms with Gasteiger partial charge in [0.15, 0.2) is 0 Å². The lowest BCUT2D eigenvalue weighted by Gasteiger charge is -2.37. The van der Waals surface area contributed by atoms with E-state index >= 15 is 0 Å². The van der Waals surface area contributed by atoms with Crippen LogP contribution in [0.3, 0.4) is 0 Å². The Kier molecular flexibility index (Phi) is 5.86. The van der Waals surface area contributed by atoms with Gasteiger partial charge in [-0.25, -0.2) is 4.39 Å². The second kappa shape index (κ2) is 8.38. The molecule has 0 bridgehead atoms. The molecular formula is C21H21Cl2FN2O3. The van der Waals surface area contributed by atoms with Gasteiger partial charge in [-0.2, -0.15) is 0 Å². The molecule has 0 aliphatic carbocycles. The number of carbonyl (C=O) groups is 1. The normalized spacial score (nSPS) is 21.5. The van der Waals surface area contributed by atoms with Crippen LogP contribution in [0, 0.1) is 11.7 Å². The Balaban J connectivity index is 1.41. The fraction of sp³-hybridized carbons (Fsp3) is 0.381. The minimum Gasteiger partial charge on any atom is -0.493 e. The van der Waals surface area contributed by atoms with Crippen molar-refractivity contribution in [2.24, 2.45) is 5.92 Å². The van der Waals surface area contributed by atoms with E-state index in [9.17, 15) is 14.3 Å². The minimum atomic E-state index is -0.591. The number of rotatable bonds is 4. The lowest BCUT2D eigenvalue weighted by atomic mass is 9.94. The van der Waals surface area contributed by atoms with E-state index < -0.39 is 11.9 Å². The Hall–Kier alpha value is -2.02. The third-order valence-corrected chi connectivity index (χ3v) is 6.05. The molecule has 0 aromatic heterocycles. The van der Waals surface area contributed by atoms with Crippen molar-refractivity contribution in [3.05, 3.63) is 51.8 Å². The van der Waals surface area contributed by atoms with Crippen LogP contribution in [0.2, 0.25) is 10.0 Å². The third-order valence-electron chi connectivity index (χ3n) is 5.51. The Labute approximate surface area is 178 Å². The molecule has 1 fully saturated rings. The van der Waals surface area contributed by atoms with Crippen LogP contribution in [0.25, 0.3) is 0 Å². The van der Waals surface area contributed by atoms with Crippen LogP contribution < -0.4 is 15.0 Å². The van der Waals surface area contributed by atoms with Crippen molar-refractivity contribution in [1.82, 2.24) is 0 Å². The first kappa shape index (κ1) is 20.3. The number of nitrogens with one attached hydrogen (secondary N) is 1. The highest BCUT2D eigenvalue weighted by Crippen LogP contribution is 2.35. The van der Waals surface area contributed by atoms with Gasteiger partial charge in [-0.3, -0.25) is 4.79 Å². The number of nitrogens with zero attached hydrogens (tertiary/aromatic N) is 1. The number of anilines is 2. The Morgan fingerprint density at radius 3 is 2.83 bits per heavy atom. The monoisotopic (exact) mass is 438 g/mol. The molecule has 1 amide bonds. The Morgan fingerprint density at radius 2 is 2.07 bits per heavy atom. The zero-order valence-corrected chi connectivity index (χ0v) is 17.1. The van der Waals surface area contributed by atoms with Crippen molar-refractivity contribution in [2.75, 3.05) is 29.9 Å². The molecule has 2 heterocycles. The molecule has 0 saturated carbocycles. The number of amides is 1. The van der Waals surface area contributed by atoms with Crippen LogP contribution in [0.5, 0.6) is 5.75 Å². The Morgan fingerprint density at radius 1 is 1.24 bits per heavy atom. The van der Waals surface area contributed by atoms with Crippen LogP contribution in [0.15, 0.2) is 30.3 Å². The summed E-state index contributed by atoms with van der Waals surface area (Å²) in [5.41, 5.74) is 1.72. The summed E-state index contributed by atoms with van der Waals surface area (Å²) in [5.74, 6) is -0.168. The van der Waals surface area contributed by atoms with Gasteiger partial charge in [-0.1, -0.05) is 23.2 Å². The number of hydrogen-bond acceptors (Lipinski definition) is 4. The molecule has 0 radical (unpaired) electrons. The van der Waals surface area contributed by atoms with E-state index in [0.717, 1.165) is 18.7 Å². The van der Waals surface area contributed by atoms with Gasteiger partial charge >= 0.3 is 0 Å². The average Bonchev–Trinajstić information content (AvgIpc) is 2.68.